The van der Waals surface area contributed by atoms with Crippen molar-refractivity contribution in [2.75, 3.05) is 13.2 Å². The van der Waals surface area contributed by atoms with E-state index in [4.69, 9.17) is 18.9 Å². The van der Waals surface area contributed by atoms with Crippen molar-refractivity contribution in [3.05, 3.63) is 144 Å². The fourth-order valence-electron chi connectivity index (χ4n) is 4.54. The van der Waals surface area contributed by atoms with Crippen LogP contribution in [-0.4, -0.2) is 37.6 Å². The lowest BCUT2D eigenvalue weighted by molar-refractivity contribution is 0.0725. The van der Waals surface area contributed by atoms with E-state index >= 15 is 0 Å². The van der Waals surface area contributed by atoms with Crippen molar-refractivity contribution in [2.45, 2.75) is 39.5 Å². The van der Waals surface area contributed by atoms with Crippen LogP contribution in [0.25, 0.3) is 0 Å². The molecular formula is C42H40N2O6. The summed E-state index contributed by atoms with van der Waals surface area (Å²) in [7, 11) is 0. The first kappa shape index (κ1) is 35.3. The molecule has 8 heteroatoms. The van der Waals surface area contributed by atoms with Gasteiger partial charge >= 0.3 is 11.9 Å². The lowest BCUT2D eigenvalue weighted by atomic mass is 10.1. The average Bonchev–Trinajstić information content (AvgIpc) is 3.15. The van der Waals surface area contributed by atoms with E-state index < -0.39 is 11.9 Å². The summed E-state index contributed by atoms with van der Waals surface area (Å²) in [6.07, 6.45) is 7.63. The number of unbranched alkanes of at least 4 members (excludes halogenated alkanes) is 2. The first-order valence-electron chi connectivity index (χ1n) is 16.8. The molecule has 0 saturated heterocycles. The van der Waals surface area contributed by atoms with Crippen LogP contribution >= 0.6 is 0 Å². The summed E-state index contributed by atoms with van der Waals surface area (Å²) in [5.41, 5.74) is 4.19. The third-order valence-corrected chi connectivity index (χ3v) is 7.47. The van der Waals surface area contributed by atoms with Gasteiger partial charge in [0, 0.05) is 12.4 Å². The van der Waals surface area contributed by atoms with Gasteiger partial charge < -0.3 is 18.9 Å². The minimum absolute atomic E-state index is 0.436. The summed E-state index contributed by atoms with van der Waals surface area (Å²) in [6.45, 7) is 5.53. The Labute approximate surface area is 293 Å². The highest BCUT2D eigenvalue weighted by Gasteiger charge is 2.10. The van der Waals surface area contributed by atoms with Gasteiger partial charge in [-0.15, -0.1) is 0 Å². The van der Waals surface area contributed by atoms with E-state index in [1.807, 2.05) is 24.3 Å². The summed E-state index contributed by atoms with van der Waals surface area (Å²) in [6, 6.07) is 35.7. The van der Waals surface area contributed by atoms with Gasteiger partial charge in [0.05, 0.1) is 35.7 Å². The van der Waals surface area contributed by atoms with Crippen molar-refractivity contribution in [1.82, 2.24) is 0 Å². The standard InChI is InChI=1S/C42H40N2O6/c1-3-5-27-47-37-19-11-33(12-20-37)41(45)49-39-23-15-35(16-24-39)43-29-31-7-9-32(10-8-31)30-44-36-17-25-40(26-18-36)50-42(46)34-13-21-38(22-14-34)48-28-6-4-2/h7-26,29-30H,3-6,27-28H2,1-2H3. The van der Waals surface area contributed by atoms with E-state index in [0.29, 0.717) is 35.8 Å². The first-order valence-corrected chi connectivity index (χ1v) is 16.8. The van der Waals surface area contributed by atoms with Crippen molar-refractivity contribution < 1.29 is 28.5 Å². The quantitative estimate of drug-likeness (QED) is 0.0449. The van der Waals surface area contributed by atoms with E-state index in [0.717, 1.165) is 59.7 Å². The first-order chi connectivity index (χ1) is 24.5. The van der Waals surface area contributed by atoms with Crippen LogP contribution in [-0.2, 0) is 0 Å². The number of nitrogens with zero attached hydrogens (tertiary/aromatic N) is 2. The van der Waals surface area contributed by atoms with Crippen molar-refractivity contribution in [3.8, 4) is 23.0 Å². The maximum absolute atomic E-state index is 12.5. The smallest absolute Gasteiger partial charge is 0.343 e. The van der Waals surface area contributed by atoms with Crippen LogP contribution in [0, 0.1) is 0 Å². The van der Waals surface area contributed by atoms with E-state index in [1.54, 1.807) is 109 Å². The van der Waals surface area contributed by atoms with Crippen molar-refractivity contribution in [1.29, 1.82) is 0 Å². The third kappa shape index (κ3) is 11.0. The fraction of sp³-hybridized carbons (Fsp3) is 0.190. The molecule has 0 aliphatic rings. The maximum Gasteiger partial charge on any atom is 0.343 e. The van der Waals surface area contributed by atoms with E-state index in [-0.39, 0.29) is 0 Å². The molecule has 0 aliphatic heterocycles. The number of aliphatic imine (C=N–C) groups is 2. The van der Waals surface area contributed by atoms with Gasteiger partial charge in [-0.25, -0.2) is 9.59 Å². The van der Waals surface area contributed by atoms with Crippen molar-refractivity contribution in [2.24, 2.45) is 9.98 Å². The van der Waals surface area contributed by atoms with Crippen LogP contribution in [0.5, 0.6) is 23.0 Å². The third-order valence-electron chi connectivity index (χ3n) is 7.47. The van der Waals surface area contributed by atoms with Crippen molar-refractivity contribution in [3.63, 3.8) is 0 Å². The second-order valence-corrected chi connectivity index (χ2v) is 11.4. The molecule has 0 unspecified atom stereocenters. The number of rotatable bonds is 16. The summed E-state index contributed by atoms with van der Waals surface area (Å²) < 4.78 is 22.3. The molecule has 5 rings (SSSR count). The molecule has 0 amide bonds. The second-order valence-electron chi connectivity index (χ2n) is 11.4. The second kappa shape index (κ2) is 18.5. The lowest BCUT2D eigenvalue weighted by Crippen LogP contribution is -2.08. The van der Waals surface area contributed by atoms with Gasteiger partial charge in [0.15, 0.2) is 0 Å². The molecule has 0 radical (unpaired) electrons. The monoisotopic (exact) mass is 668 g/mol. The molecule has 5 aromatic rings. The average molecular weight is 669 g/mol. The molecular weight excluding hydrogens is 628 g/mol. The van der Waals surface area contributed by atoms with Crippen LogP contribution in [0.15, 0.2) is 131 Å². The summed E-state index contributed by atoms with van der Waals surface area (Å²) in [4.78, 5) is 34.1. The topological polar surface area (TPSA) is 95.8 Å². The number of ether oxygens (including phenoxy) is 4. The molecule has 50 heavy (non-hydrogen) atoms. The Kier molecular flexibility index (Phi) is 13.1. The molecule has 0 atom stereocenters. The van der Waals surface area contributed by atoms with Gasteiger partial charge in [-0.1, -0.05) is 51.0 Å². The molecule has 0 saturated carbocycles. The molecule has 0 bridgehead atoms. The molecule has 0 aliphatic carbocycles. The number of hydrogen-bond donors (Lipinski definition) is 0. The molecule has 0 spiro atoms. The lowest BCUT2D eigenvalue weighted by Gasteiger charge is -2.07. The largest absolute Gasteiger partial charge is 0.494 e. The minimum atomic E-state index is -0.436. The molecule has 0 N–H and O–H groups in total. The number of carbonyl (C=O) groups is 2. The zero-order chi connectivity index (χ0) is 35.0. The molecule has 5 aromatic carbocycles. The Morgan fingerprint density at radius 3 is 1.16 bits per heavy atom. The van der Waals surface area contributed by atoms with Crippen LogP contribution in [0.4, 0.5) is 11.4 Å². The van der Waals surface area contributed by atoms with Crippen LogP contribution in [0.3, 0.4) is 0 Å². The predicted octanol–water partition coefficient (Wildman–Crippen LogP) is 9.98. The van der Waals surface area contributed by atoms with E-state index in [9.17, 15) is 9.59 Å². The highest BCUT2D eigenvalue weighted by Crippen LogP contribution is 2.22. The predicted molar refractivity (Wildman–Crippen MR) is 197 cm³/mol. The summed E-state index contributed by atoms with van der Waals surface area (Å²) in [5, 5.41) is 0. The van der Waals surface area contributed by atoms with Crippen LogP contribution in [0.1, 0.15) is 71.4 Å². The summed E-state index contributed by atoms with van der Waals surface area (Å²) >= 11 is 0. The van der Waals surface area contributed by atoms with E-state index in [2.05, 4.69) is 23.8 Å². The Morgan fingerprint density at radius 1 is 0.480 bits per heavy atom. The van der Waals surface area contributed by atoms with Gasteiger partial charge in [-0.05, 0) is 121 Å². The molecule has 0 heterocycles. The van der Waals surface area contributed by atoms with Gasteiger partial charge in [0.25, 0.3) is 0 Å². The Bertz CT molecular complexity index is 1720. The van der Waals surface area contributed by atoms with Gasteiger partial charge in [-0.2, -0.15) is 0 Å². The molecule has 254 valence electrons. The number of benzene rings is 5. The minimum Gasteiger partial charge on any atom is -0.494 e. The Hall–Kier alpha value is -6.02. The van der Waals surface area contributed by atoms with Crippen LogP contribution < -0.4 is 18.9 Å². The van der Waals surface area contributed by atoms with Crippen molar-refractivity contribution >= 4 is 35.7 Å². The normalized spacial score (nSPS) is 11.1. The van der Waals surface area contributed by atoms with E-state index in [1.165, 1.54) is 0 Å². The number of esters is 2. The van der Waals surface area contributed by atoms with Gasteiger partial charge in [0.1, 0.15) is 23.0 Å². The zero-order valence-corrected chi connectivity index (χ0v) is 28.3. The van der Waals surface area contributed by atoms with Gasteiger partial charge in [-0.3, -0.25) is 9.98 Å². The highest BCUT2D eigenvalue weighted by molar-refractivity contribution is 5.92. The molecule has 0 aromatic heterocycles. The fourth-order valence-corrected chi connectivity index (χ4v) is 4.54. The van der Waals surface area contributed by atoms with Crippen LogP contribution in [0.2, 0.25) is 0 Å². The van der Waals surface area contributed by atoms with Gasteiger partial charge in [0.2, 0.25) is 0 Å². The molecule has 0 fully saturated rings. The maximum atomic E-state index is 12.5. The number of carbonyl (C=O) groups excluding carboxylic acids is 2. The SMILES string of the molecule is CCCCOc1ccc(C(=O)Oc2ccc(N=Cc3ccc(C=Nc4ccc(OC(=O)c5ccc(OCCCC)cc5)cc4)cc3)cc2)cc1. The Balaban J connectivity index is 1.07. The highest BCUT2D eigenvalue weighted by atomic mass is 16.5. The zero-order valence-electron chi connectivity index (χ0n) is 28.3. The number of hydrogen-bond acceptors (Lipinski definition) is 8. The Morgan fingerprint density at radius 2 is 0.820 bits per heavy atom. The molecule has 8 nitrogen and oxygen atoms in total. The summed E-state index contributed by atoms with van der Waals surface area (Å²) in [5.74, 6) is 1.46.